The standard InChI is InChI=1S/C32H45N5O5/c1-31(2,3)41-29(38)34-28(35-30(39)42-32(4,5)6)37-18-13-25-7-8-27(19-26(25)21-37)40-22-24-11-16-36(17-12-24)20-23-9-14-33-15-10-23/h7-10,14-15,19,24H,11-13,16-18,20-22H2,1-6H3,(H,34,35,38,39). The van der Waals surface area contributed by atoms with Gasteiger partial charge in [0.05, 0.1) is 6.61 Å². The zero-order chi connectivity index (χ0) is 30.3. The highest BCUT2D eigenvalue weighted by Gasteiger charge is 2.26. The van der Waals surface area contributed by atoms with Crippen LogP contribution in [-0.4, -0.2) is 70.4 Å². The largest absolute Gasteiger partial charge is 0.493 e. The number of rotatable bonds is 5. The fraction of sp³-hybridized carbons (Fsp3) is 0.562. The number of fused-ring (bicyclic) bond motifs is 1. The lowest BCUT2D eigenvalue weighted by Gasteiger charge is -2.33. The fourth-order valence-electron chi connectivity index (χ4n) is 5.02. The van der Waals surface area contributed by atoms with Gasteiger partial charge in [-0.3, -0.25) is 15.2 Å². The smallest absolute Gasteiger partial charge is 0.437 e. The molecule has 3 heterocycles. The Morgan fingerprint density at radius 1 is 0.952 bits per heavy atom. The molecular formula is C32H45N5O5. The van der Waals surface area contributed by atoms with E-state index in [1.807, 2.05) is 23.4 Å². The van der Waals surface area contributed by atoms with Crippen LogP contribution >= 0.6 is 0 Å². The number of likely N-dealkylation sites (tertiary alicyclic amines) is 1. The van der Waals surface area contributed by atoms with E-state index in [1.54, 1.807) is 41.5 Å². The van der Waals surface area contributed by atoms with Gasteiger partial charge in [0.2, 0.25) is 5.96 Å². The number of nitrogens with zero attached hydrogens (tertiary/aromatic N) is 4. The number of benzene rings is 1. The number of carbonyl (C=O) groups excluding carboxylic acids is 2. The van der Waals surface area contributed by atoms with Gasteiger partial charge in [-0.2, -0.15) is 0 Å². The molecular weight excluding hydrogens is 534 g/mol. The Morgan fingerprint density at radius 3 is 2.31 bits per heavy atom. The number of aromatic nitrogens is 1. The van der Waals surface area contributed by atoms with Crippen molar-refractivity contribution in [3.63, 3.8) is 0 Å². The van der Waals surface area contributed by atoms with Crippen LogP contribution < -0.4 is 10.1 Å². The van der Waals surface area contributed by atoms with Crippen LogP contribution in [0.2, 0.25) is 0 Å². The van der Waals surface area contributed by atoms with E-state index in [2.05, 4.69) is 44.5 Å². The first kappa shape index (κ1) is 31.3. The van der Waals surface area contributed by atoms with Crippen LogP contribution in [0.4, 0.5) is 9.59 Å². The lowest BCUT2D eigenvalue weighted by molar-refractivity contribution is 0.0553. The van der Waals surface area contributed by atoms with Crippen molar-refractivity contribution >= 4 is 18.1 Å². The molecule has 1 aromatic carbocycles. The molecule has 2 amide bonds. The van der Waals surface area contributed by atoms with Crippen molar-refractivity contribution in [3.8, 4) is 5.75 Å². The molecule has 10 nitrogen and oxygen atoms in total. The van der Waals surface area contributed by atoms with Crippen molar-refractivity contribution in [1.29, 1.82) is 0 Å². The third-order valence-electron chi connectivity index (χ3n) is 7.04. The van der Waals surface area contributed by atoms with Crippen LogP contribution in [0.1, 0.15) is 71.1 Å². The predicted molar refractivity (Wildman–Crippen MR) is 161 cm³/mol. The van der Waals surface area contributed by atoms with Crippen LogP contribution in [0, 0.1) is 5.92 Å². The summed E-state index contributed by atoms with van der Waals surface area (Å²) in [6, 6.07) is 10.3. The van der Waals surface area contributed by atoms with Gasteiger partial charge in [-0.25, -0.2) is 9.59 Å². The first-order valence-corrected chi connectivity index (χ1v) is 14.8. The van der Waals surface area contributed by atoms with Gasteiger partial charge >= 0.3 is 12.2 Å². The SMILES string of the molecule is CC(C)(C)OC(=O)/N=C(\NC(=O)OC(C)(C)C)N1CCc2ccc(OCC3CCN(Cc4ccncc4)CC3)cc2C1. The van der Waals surface area contributed by atoms with Crippen LogP contribution in [-0.2, 0) is 29.0 Å². The van der Waals surface area contributed by atoms with Gasteiger partial charge in [-0.15, -0.1) is 4.99 Å². The van der Waals surface area contributed by atoms with E-state index in [4.69, 9.17) is 14.2 Å². The Bertz CT molecular complexity index is 1240. The Labute approximate surface area is 249 Å². The molecule has 1 saturated heterocycles. The summed E-state index contributed by atoms with van der Waals surface area (Å²) in [6.45, 7) is 15.4. The van der Waals surface area contributed by atoms with Crippen molar-refractivity contribution in [2.24, 2.45) is 10.9 Å². The van der Waals surface area contributed by atoms with Crippen LogP contribution in [0.15, 0.2) is 47.7 Å². The van der Waals surface area contributed by atoms with E-state index in [0.29, 0.717) is 25.6 Å². The Hall–Kier alpha value is -3.66. The molecule has 4 rings (SSSR count). The first-order chi connectivity index (χ1) is 19.8. The molecule has 0 spiro atoms. The summed E-state index contributed by atoms with van der Waals surface area (Å²) >= 11 is 0. The minimum atomic E-state index is -0.775. The molecule has 1 aromatic heterocycles. The van der Waals surface area contributed by atoms with Gasteiger partial charge in [0.15, 0.2) is 0 Å². The molecule has 2 aliphatic heterocycles. The van der Waals surface area contributed by atoms with Crippen LogP contribution in [0.5, 0.6) is 5.75 Å². The van der Waals surface area contributed by atoms with E-state index in [9.17, 15) is 9.59 Å². The molecule has 1 N–H and O–H groups in total. The molecule has 0 unspecified atom stereocenters. The van der Waals surface area contributed by atoms with Gasteiger partial charge in [0.25, 0.3) is 0 Å². The number of hydrogen-bond donors (Lipinski definition) is 1. The number of piperidine rings is 1. The molecule has 2 aromatic rings. The zero-order valence-corrected chi connectivity index (χ0v) is 25.8. The summed E-state index contributed by atoms with van der Waals surface area (Å²) in [5.74, 6) is 1.44. The van der Waals surface area contributed by atoms with Crippen molar-refractivity contribution in [2.75, 3.05) is 26.2 Å². The number of nitrogens with one attached hydrogen (secondary N) is 1. The summed E-state index contributed by atoms with van der Waals surface area (Å²) in [6.07, 6.45) is 5.17. The summed E-state index contributed by atoms with van der Waals surface area (Å²) in [5, 5.41) is 2.67. The molecule has 2 aliphatic rings. The third kappa shape index (κ3) is 10.0. The van der Waals surface area contributed by atoms with E-state index >= 15 is 0 Å². The van der Waals surface area contributed by atoms with Crippen molar-refractivity contribution in [1.82, 2.24) is 20.1 Å². The van der Waals surface area contributed by atoms with E-state index in [1.165, 1.54) is 11.1 Å². The third-order valence-corrected chi connectivity index (χ3v) is 7.04. The van der Waals surface area contributed by atoms with Crippen molar-refractivity contribution < 1.29 is 23.8 Å². The maximum atomic E-state index is 12.6. The Kier molecular flexibility index (Phi) is 10.1. The highest BCUT2D eigenvalue weighted by molar-refractivity contribution is 5.99. The van der Waals surface area contributed by atoms with Gasteiger partial charge in [0.1, 0.15) is 17.0 Å². The topological polar surface area (TPSA) is 106 Å². The van der Waals surface area contributed by atoms with E-state index in [-0.39, 0.29) is 5.96 Å². The molecule has 0 saturated carbocycles. The fourth-order valence-corrected chi connectivity index (χ4v) is 5.02. The molecule has 0 bridgehead atoms. The predicted octanol–water partition coefficient (Wildman–Crippen LogP) is 5.55. The summed E-state index contributed by atoms with van der Waals surface area (Å²) in [5.41, 5.74) is 2.15. The molecule has 0 radical (unpaired) electrons. The van der Waals surface area contributed by atoms with Gasteiger partial charge in [0, 0.05) is 32.0 Å². The van der Waals surface area contributed by atoms with Crippen LogP contribution in [0.25, 0.3) is 0 Å². The lowest BCUT2D eigenvalue weighted by atomic mass is 9.97. The summed E-state index contributed by atoms with van der Waals surface area (Å²) in [7, 11) is 0. The van der Waals surface area contributed by atoms with Crippen LogP contribution in [0.3, 0.4) is 0 Å². The number of alkyl carbamates (subject to hydrolysis) is 1. The van der Waals surface area contributed by atoms with Gasteiger partial charge in [-0.05, 0) is 121 Å². The normalized spacial score (nSPS) is 16.9. The second-order valence-corrected chi connectivity index (χ2v) is 13.0. The maximum Gasteiger partial charge on any atom is 0.437 e. The maximum absolute atomic E-state index is 12.6. The second-order valence-electron chi connectivity index (χ2n) is 13.0. The van der Waals surface area contributed by atoms with E-state index in [0.717, 1.165) is 50.2 Å². The quantitative estimate of drug-likeness (QED) is 0.363. The van der Waals surface area contributed by atoms with Crippen molar-refractivity contribution in [2.45, 2.75) is 85.1 Å². The van der Waals surface area contributed by atoms with Gasteiger partial charge < -0.3 is 19.1 Å². The van der Waals surface area contributed by atoms with Crippen molar-refractivity contribution in [3.05, 3.63) is 59.4 Å². The molecule has 0 aliphatic carbocycles. The number of ether oxygens (including phenoxy) is 3. The molecule has 0 atom stereocenters. The Morgan fingerprint density at radius 2 is 1.64 bits per heavy atom. The number of hydrogen-bond acceptors (Lipinski definition) is 7. The highest BCUT2D eigenvalue weighted by atomic mass is 16.6. The molecule has 10 heteroatoms. The Balaban J connectivity index is 1.36. The minimum absolute atomic E-state index is 0.106. The van der Waals surface area contributed by atoms with Gasteiger partial charge in [-0.1, -0.05) is 6.07 Å². The number of pyridine rings is 1. The minimum Gasteiger partial charge on any atom is -0.493 e. The molecule has 42 heavy (non-hydrogen) atoms. The monoisotopic (exact) mass is 579 g/mol. The number of guanidine groups is 1. The first-order valence-electron chi connectivity index (χ1n) is 14.8. The average Bonchev–Trinajstić information content (AvgIpc) is 2.90. The molecule has 228 valence electrons. The number of amides is 2. The summed E-state index contributed by atoms with van der Waals surface area (Å²) < 4.78 is 17.1. The second kappa shape index (κ2) is 13.5. The molecule has 1 fully saturated rings. The average molecular weight is 580 g/mol. The van der Waals surface area contributed by atoms with E-state index < -0.39 is 23.4 Å². The number of carbonyl (C=O) groups is 2. The summed E-state index contributed by atoms with van der Waals surface area (Å²) in [4.78, 5) is 37.7. The number of aliphatic imine (C=N–C) groups is 1. The zero-order valence-electron chi connectivity index (χ0n) is 25.8. The highest BCUT2D eigenvalue weighted by Crippen LogP contribution is 2.26. The lowest BCUT2D eigenvalue weighted by Crippen LogP contribution is -2.48.